The second kappa shape index (κ2) is 10.5. The van der Waals surface area contributed by atoms with Crippen LogP contribution in [-0.4, -0.2) is 37.7 Å². The SMILES string of the molecule is CC(=O)Nc1ccc(NC(=O)COc2ccc(S(=O)(=O)N3CCc4ccccc4C3)cc2Cl)cc1. The van der Waals surface area contributed by atoms with Gasteiger partial charge in [0.2, 0.25) is 15.9 Å². The molecule has 0 spiro atoms. The molecular formula is C25H24ClN3O5S. The van der Waals surface area contributed by atoms with Crippen LogP contribution in [-0.2, 0) is 32.6 Å². The van der Waals surface area contributed by atoms with E-state index in [-0.39, 0.29) is 28.2 Å². The number of anilines is 2. The Morgan fingerprint density at radius 1 is 0.971 bits per heavy atom. The average molecular weight is 514 g/mol. The van der Waals surface area contributed by atoms with Crippen LogP contribution in [0.1, 0.15) is 18.1 Å². The van der Waals surface area contributed by atoms with Crippen molar-refractivity contribution >= 4 is 44.8 Å². The highest BCUT2D eigenvalue weighted by Gasteiger charge is 2.28. The Labute approximate surface area is 208 Å². The molecule has 0 aliphatic carbocycles. The van der Waals surface area contributed by atoms with E-state index >= 15 is 0 Å². The van der Waals surface area contributed by atoms with Gasteiger partial charge in [-0.1, -0.05) is 35.9 Å². The first-order valence-electron chi connectivity index (χ1n) is 10.9. The lowest BCUT2D eigenvalue weighted by Gasteiger charge is -2.28. The van der Waals surface area contributed by atoms with E-state index in [4.69, 9.17) is 16.3 Å². The third kappa shape index (κ3) is 6.00. The normalized spacial score (nSPS) is 13.5. The van der Waals surface area contributed by atoms with Gasteiger partial charge in [-0.25, -0.2) is 8.42 Å². The van der Waals surface area contributed by atoms with E-state index in [1.165, 1.54) is 29.4 Å². The van der Waals surface area contributed by atoms with Crippen LogP contribution in [0.25, 0.3) is 0 Å². The molecule has 0 bridgehead atoms. The van der Waals surface area contributed by atoms with Gasteiger partial charge < -0.3 is 15.4 Å². The quantitative estimate of drug-likeness (QED) is 0.495. The predicted octanol–water partition coefficient (Wildman–Crippen LogP) is 4.06. The smallest absolute Gasteiger partial charge is 0.262 e. The number of nitrogens with one attached hydrogen (secondary N) is 2. The van der Waals surface area contributed by atoms with Crippen LogP contribution in [0.3, 0.4) is 0 Å². The van der Waals surface area contributed by atoms with E-state index in [0.717, 1.165) is 11.1 Å². The number of carbonyl (C=O) groups excluding carboxylic acids is 2. The Balaban J connectivity index is 1.36. The Kier molecular flexibility index (Phi) is 7.39. The summed E-state index contributed by atoms with van der Waals surface area (Å²) in [5.41, 5.74) is 3.29. The van der Waals surface area contributed by atoms with E-state index < -0.39 is 15.9 Å². The van der Waals surface area contributed by atoms with E-state index in [9.17, 15) is 18.0 Å². The van der Waals surface area contributed by atoms with E-state index in [1.54, 1.807) is 24.3 Å². The number of carbonyl (C=O) groups is 2. The molecule has 0 saturated heterocycles. The monoisotopic (exact) mass is 513 g/mol. The average Bonchev–Trinajstić information content (AvgIpc) is 2.83. The molecule has 4 rings (SSSR count). The summed E-state index contributed by atoms with van der Waals surface area (Å²) in [6.45, 7) is 1.79. The van der Waals surface area contributed by atoms with Crippen molar-refractivity contribution in [1.82, 2.24) is 4.31 Å². The lowest BCUT2D eigenvalue weighted by Crippen LogP contribution is -2.35. The molecule has 0 aromatic heterocycles. The second-order valence-corrected chi connectivity index (χ2v) is 10.4. The molecule has 0 saturated carbocycles. The molecular weight excluding hydrogens is 490 g/mol. The Bertz CT molecular complexity index is 1360. The molecule has 35 heavy (non-hydrogen) atoms. The lowest BCUT2D eigenvalue weighted by molar-refractivity contribution is -0.118. The van der Waals surface area contributed by atoms with Crippen LogP contribution in [0.2, 0.25) is 5.02 Å². The number of halogens is 1. The summed E-state index contributed by atoms with van der Waals surface area (Å²) in [5, 5.41) is 5.41. The van der Waals surface area contributed by atoms with Crippen LogP contribution in [0.15, 0.2) is 71.6 Å². The van der Waals surface area contributed by atoms with Gasteiger partial charge in [-0.05, 0) is 60.0 Å². The molecule has 0 atom stereocenters. The van der Waals surface area contributed by atoms with Gasteiger partial charge in [-0.15, -0.1) is 0 Å². The molecule has 1 heterocycles. The lowest BCUT2D eigenvalue weighted by atomic mass is 10.0. The molecule has 10 heteroatoms. The summed E-state index contributed by atoms with van der Waals surface area (Å²) in [5.74, 6) is -0.407. The Morgan fingerprint density at radius 3 is 2.29 bits per heavy atom. The summed E-state index contributed by atoms with van der Waals surface area (Å²) in [6, 6.07) is 18.6. The van der Waals surface area contributed by atoms with Crippen molar-refractivity contribution in [3.8, 4) is 5.75 Å². The van der Waals surface area contributed by atoms with Gasteiger partial charge in [0.25, 0.3) is 5.91 Å². The summed E-state index contributed by atoms with van der Waals surface area (Å²) in [7, 11) is -3.74. The van der Waals surface area contributed by atoms with Gasteiger partial charge in [0.1, 0.15) is 5.75 Å². The molecule has 2 N–H and O–H groups in total. The van der Waals surface area contributed by atoms with Gasteiger partial charge in [-0.3, -0.25) is 9.59 Å². The first kappa shape index (κ1) is 24.7. The van der Waals surface area contributed by atoms with Crippen LogP contribution >= 0.6 is 11.6 Å². The van der Waals surface area contributed by atoms with E-state index in [0.29, 0.717) is 30.9 Å². The maximum Gasteiger partial charge on any atom is 0.262 e. The number of benzene rings is 3. The zero-order chi connectivity index (χ0) is 25.0. The molecule has 3 aromatic rings. The summed E-state index contributed by atoms with van der Waals surface area (Å²) < 4.78 is 33.2. The molecule has 1 aliphatic heterocycles. The van der Waals surface area contributed by atoms with Crippen molar-refractivity contribution in [2.75, 3.05) is 23.8 Å². The topological polar surface area (TPSA) is 105 Å². The van der Waals surface area contributed by atoms with Gasteiger partial charge in [-0.2, -0.15) is 4.31 Å². The van der Waals surface area contributed by atoms with Gasteiger partial charge in [0, 0.05) is 31.4 Å². The largest absolute Gasteiger partial charge is 0.482 e. The summed E-state index contributed by atoms with van der Waals surface area (Å²) in [4.78, 5) is 23.4. The van der Waals surface area contributed by atoms with Crippen molar-refractivity contribution in [2.24, 2.45) is 0 Å². The van der Waals surface area contributed by atoms with Crippen molar-refractivity contribution in [3.05, 3.63) is 82.9 Å². The van der Waals surface area contributed by atoms with Crippen molar-refractivity contribution in [2.45, 2.75) is 24.8 Å². The fourth-order valence-corrected chi connectivity index (χ4v) is 5.51. The number of amides is 2. The van der Waals surface area contributed by atoms with Crippen LogP contribution in [0.4, 0.5) is 11.4 Å². The predicted molar refractivity (Wildman–Crippen MR) is 134 cm³/mol. The number of nitrogens with zero attached hydrogens (tertiary/aromatic N) is 1. The second-order valence-electron chi connectivity index (χ2n) is 8.04. The Morgan fingerprint density at radius 2 is 1.63 bits per heavy atom. The van der Waals surface area contributed by atoms with Gasteiger partial charge in [0.05, 0.1) is 9.92 Å². The highest BCUT2D eigenvalue weighted by atomic mass is 35.5. The molecule has 2 amide bonds. The summed E-state index contributed by atoms with van der Waals surface area (Å²) in [6.07, 6.45) is 0.648. The maximum atomic E-state index is 13.2. The zero-order valence-corrected chi connectivity index (χ0v) is 20.5. The first-order valence-corrected chi connectivity index (χ1v) is 12.7. The third-order valence-electron chi connectivity index (χ3n) is 5.48. The van der Waals surface area contributed by atoms with E-state index in [1.807, 2.05) is 24.3 Å². The minimum Gasteiger partial charge on any atom is -0.482 e. The molecule has 0 fully saturated rings. The number of hydrogen-bond acceptors (Lipinski definition) is 5. The number of hydrogen-bond donors (Lipinski definition) is 2. The highest BCUT2D eigenvalue weighted by Crippen LogP contribution is 2.31. The number of rotatable bonds is 7. The zero-order valence-electron chi connectivity index (χ0n) is 19.0. The minimum atomic E-state index is -3.74. The third-order valence-corrected chi connectivity index (χ3v) is 7.62. The van der Waals surface area contributed by atoms with Gasteiger partial charge in [0.15, 0.2) is 6.61 Å². The fourth-order valence-electron chi connectivity index (χ4n) is 3.76. The van der Waals surface area contributed by atoms with Crippen LogP contribution < -0.4 is 15.4 Å². The number of sulfonamides is 1. The molecule has 0 radical (unpaired) electrons. The highest BCUT2D eigenvalue weighted by molar-refractivity contribution is 7.89. The molecule has 182 valence electrons. The van der Waals surface area contributed by atoms with Crippen molar-refractivity contribution in [3.63, 3.8) is 0 Å². The van der Waals surface area contributed by atoms with E-state index in [2.05, 4.69) is 10.6 Å². The van der Waals surface area contributed by atoms with Crippen molar-refractivity contribution < 1.29 is 22.7 Å². The Hall–Kier alpha value is -3.40. The molecule has 0 unspecified atom stereocenters. The van der Waals surface area contributed by atoms with Crippen molar-refractivity contribution in [1.29, 1.82) is 0 Å². The molecule has 1 aliphatic rings. The number of fused-ring (bicyclic) bond motifs is 1. The first-order chi connectivity index (χ1) is 16.7. The fraction of sp³-hybridized carbons (Fsp3) is 0.200. The molecule has 8 nitrogen and oxygen atoms in total. The van der Waals surface area contributed by atoms with Crippen LogP contribution in [0.5, 0.6) is 5.75 Å². The minimum absolute atomic E-state index is 0.0675. The standard InChI is InChI=1S/C25H24ClN3O5S/c1-17(30)27-20-6-8-21(9-7-20)28-25(31)16-34-24-11-10-22(14-23(24)26)35(32,33)29-13-12-18-4-2-3-5-19(18)15-29/h2-11,14H,12-13,15-16H2,1H3,(H,27,30)(H,28,31). The number of ether oxygens (including phenoxy) is 1. The van der Waals surface area contributed by atoms with Gasteiger partial charge >= 0.3 is 0 Å². The molecule has 3 aromatic carbocycles. The maximum absolute atomic E-state index is 13.2. The van der Waals surface area contributed by atoms with Crippen LogP contribution in [0, 0.1) is 0 Å². The summed E-state index contributed by atoms with van der Waals surface area (Å²) >= 11 is 6.28.